The molecule has 5 N–H and O–H groups in total. The van der Waals surface area contributed by atoms with Crippen molar-refractivity contribution in [3.63, 3.8) is 0 Å². The minimum absolute atomic E-state index is 0. The lowest BCUT2D eigenvalue weighted by Gasteiger charge is -2.08. The van der Waals surface area contributed by atoms with Crippen molar-refractivity contribution in [2.75, 3.05) is 20.3 Å². The second-order valence-electron chi connectivity index (χ2n) is 4.70. The summed E-state index contributed by atoms with van der Waals surface area (Å²) in [5.74, 6) is 55.8. The van der Waals surface area contributed by atoms with E-state index in [1.54, 1.807) is 12.2 Å². The van der Waals surface area contributed by atoms with Crippen LogP contribution in [0.15, 0.2) is 5.29 Å². The molecule has 0 radical (unpaired) electrons. The summed E-state index contributed by atoms with van der Waals surface area (Å²) in [5.41, 5.74) is 0. The van der Waals surface area contributed by atoms with Crippen molar-refractivity contribution in [2.45, 2.75) is 20.3 Å². The first-order chi connectivity index (χ1) is 16.6. The maximum atomic E-state index is 8.85. The summed E-state index contributed by atoms with van der Waals surface area (Å²) in [6.07, 6.45) is 5.91. The number of hydroxylamine groups is 2. The highest BCUT2D eigenvalue weighted by Crippen LogP contribution is 1.78. The minimum Gasteiger partial charge on any atom is -0.334 e. The Morgan fingerprint density at radius 2 is 1.09 bits per heavy atom. The number of nitrogens with zero attached hydrogens (tertiary/aromatic N) is 2. The molecule has 0 aliphatic heterocycles. The van der Waals surface area contributed by atoms with Crippen molar-refractivity contribution in [1.82, 2.24) is 5.06 Å². The molecule has 0 aromatic heterocycles. The maximum absolute atomic E-state index is 8.85. The minimum atomic E-state index is 0. The largest absolute Gasteiger partial charge is 0.334 e. The van der Waals surface area contributed by atoms with Gasteiger partial charge in [0.25, 0.3) is 0 Å². The van der Waals surface area contributed by atoms with Crippen LogP contribution in [0.1, 0.15) is 34.5 Å². The second kappa shape index (κ2) is 34.9. The monoisotopic (exact) mass is 465 g/mol. The lowest BCUT2D eigenvalue weighted by Crippen LogP contribution is -2.83. The quantitative estimate of drug-likeness (QED) is 0.195. The Morgan fingerprint density at radius 1 is 0.794 bits per heavy atom. The predicted molar refractivity (Wildman–Crippen MR) is 155 cm³/mol. The van der Waals surface area contributed by atoms with E-state index >= 15 is 0 Å². The van der Waals surface area contributed by atoms with Gasteiger partial charge in [0.1, 0.15) is 0 Å². The molecule has 0 aromatic rings. The Morgan fingerprint density at radius 3 is 1.32 bits per heavy atom. The molecule has 0 aliphatic rings. The van der Waals surface area contributed by atoms with Crippen LogP contribution < -0.4 is 11.2 Å². The molecule has 34 heavy (non-hydrogen) atoms. The first kappa shape index (κ1) is 33.1. The molecule has 184 valence electrons. The number of hydrogen-bond donors (Lipinski definition) is 3. The molecule has 0 amide bonds. The molecule has 0 spiro atoms. The van der Waals surface area contributed by atoms with Gasteiger partial charge in [0, 0.05) is 49.8 Å². The van der Waals surface area contributed by atoms with Gasteiger partial charge in [-0.25, -0.2) is 0 Å². The Bertz CT molecular complexity index is 1330. The molecule has 0 heterocycles. The Labute approximate surface area is 218 Å². The summed E-state index contributed by atoms with van der Waals surface area (Å²) in [4.78, 5) is 8.33. The number of nitrogens with two attached hydrogens (primary N) is 2. The molecule has 6 nitrogen and oxygen atoms in total. The van der Waals surface area contributed by atoms with Gasteiger partial charge < -0.3 is 10.5 Å². The van der Waals surface area contributed by atoms with Crippen LogP contribution in [0.2, 0.25) is 0 Å². The van der Waals surface area contributed by atoms with Crippen molar-refractivity contribution in [3.05, 3.63) is 4.91 Å². The third-order valence-electron chi connectivity index (χ3n) is 2.20. The van der Waals surface area contributed by atoms with E-state index < -0.39 is 0 Å². The summed E-state index contributed by atoms with van der Waals surface area (Å²) in [7, 11) is 1.93. The van der Waals surface area contributed by atoms with Gasteiger partial charge in [-0.05, 0) is 108 Å². The van der Waals surface area contributed by atoms with Crippen LogP contribution in [0.4, 0.5) is 0 Å². The fourth-order valence-electron chi connectivity index (χ4n) is 1.19. The maximum Gasteiger partial charge on any atom is 0.153 e. The van der Waals surface area contributed by atoms with Crippen LogP contribution in [-0.4, -0.2) is 30.5 Å². The Hall–Kier alpha value is -5.56. The predicted octanol–water partition coefficient (Wildman–Crippen LogP) is 2.00. The highest BCUT2D eigenvalue weighted by atomic mass is 16.5. The fourth-order valence-corrected chi connectivity index (χ4v) is 1.19. The average Bonchev–Trinajstić information content (AvgIpc) is 2.82. The molecule has 0 fully saturated rings. The number of terminal acetylenes is 1. The third kappa shape index (κ3) is 41.0. The zero-order valence-electron chi connectivity index (χ0n) is 19.1. The van der Waals surface area contributed by atoms with Crippen LogP contribution in [0.3, 0.4) is 0 Å². The molecule has 0 saturated heterocycles. The van der Waals surface area contributed by atoms with Crippen LogP contribution in [0.25, 0.3) is 0 Å². The van der Waals surface area contributed by atoms with Gasteiger partial charge >= 0.3 is 0 Å². The smallest absolute Gasteiger partial charge is 0.153 e. The lowest BCUT2D eigenvalue weighted by atomic mass is 10.4. The van der Waals surface area contributed by atoms with Gasteiger partial charge in [-0.3, -0.25) is 5.84 Å². The Kier molecular flexibility index (Phi) is 34.0. The molecule has 0 saturated carbocycles. The summed E-state index contributed by atoms with van der Waals surface area (Å²) in [6.45, 7) is 5.18. The van der Waals surface area contributed by atoms with Gasteiger partial charge in [-0.15, -0.1) is 16.4 Å². The number of quaternary nitrogens is 1. The van der Waals surface area contributed by atoms with E-state index in [0.717, 1.165) is 13.0 Å². The molecule has 0 bridgehead atoms. The van der Waals surface area contributed by atoms with E-state index in [2.05, 4.69) is 130 Å². The van der Waals surface area contributed by atoms with E-state index in [9.17, 15) is 0 Å². The first-order valence-corrected chi connectivity index (χ1v) is 9.25. The second-order valence-corrected chi connectivity index (χ2v) is 4.70. The van der Waals surface area contributed by atoms with Crippen molar-refractivity contribution in [2.24, 2.45) is 11.1 Å². The molecule has 0 unspecified atom stereocenters. The molecule has 0 atom stereocenters. The van der Waals surface area contributed by atoms with E-state index in [-0.39, 0.29) is 14.3 Å². The van der Waals surface area contributed by atoms with Gasteiger partial charge in [0.05, 0.1) is 7.05 Å². The summed E-state index contributed by atoms with van der Waals surface area (Å²) in [6, 6.07) is 0. The van der Waals surface area contributed by atoms with E-state index in [4.69, 9.17) is 16.5 Å². The molecule has 0 aliphatic carbocycles. The molecule has 6 heteroatoms. The Balaban J connectivity index is -0.0000000364. The zero-order chi connectivity index (χ0) is 26.0. The highest BCUT2D eigenvalue weighted by Gasteiger charge is 1.94. The van der Waals surface area contributed by atoms with Gasteiger partial charge in [0.15, 0.2) is 6.67 Å². The molecular formula is C28H41N4O2+. The lowest BCUT2D eigenvalue weighted by molar-refractivity contribution is -0.658. The number of hydrogen-bond acceptors (Lipinski definition) is 4. The zero-order valence-corrected chi connectivity index (χ0v) is 19.1. The summed E-state index contributed by atoms with van der Waals surface area (Å²) >= 11 is 0. The first-order valence-electron chi connectivity index (χ1n) is 9.25. The normalized spacial score (nSPS) is 5.41. The van der Waals surface area contributed by atoms with Crippen molar-refractivity contribution < 1.29 is 24.8 Å². The van der Waals surface area contributed by atoms with Crippen molar-refractivity contribution in [1.29, 1.82) is 0 Å². The van der Waals surface area contributed by atoms with Gasteiger partial charge in [-0.2, -0.15) is 0 Å². The fraction of sp³-hybridized carbons (Fsp3) is 0.214. The number of rotatable bonds is 4. The molecular weight excluding hydrogens is 424 g/mol. The topological polar surface area (TPSA) is 95.5 Å². The van der Waals surface area contributed by atoms with E-state index in [0.29, 0.717) is 6.67 Å². The van der Waals surface area contributed by atoms with E-state index in [1.165, 1.54) is 5.06 Å². The average molecular weight is 466 g/mol. The molecule has 0 rings (SSSR count). The van der Waals surface area contributed by atoms with Crippen molar-refractivity contribution >= 4 is 0 Å². The van der Waals surface area contributed by atoms with Crippen molar-refractivity contribution in [3.8, 4) is 131 Å². The summed E-state index contributed by atoms with van der Waals surface area (Å²) < 4.78 is 0. The van der Waals surface area contributed by atoms with Crippen LogP contribution in [-0.2, 0) is 0 Å². The molecule has 0 aromatic carbocycles. The SMILES string of the molecule is C#CC#CC#CC#CC#CC#CC#CC#CC#CC#CC#CC.CCCN(O)C[NH2+]C.NN=O.[HH].[HH].[HH].[HH].[HH].[HH].[HH].[HH].[HH].[HH]. The number of nitroso groups, excluding NO2 is 1. The van der Waals surface area contributed by atoms with Crippen LogP contribution in [0, 0.1) is 136 Å². The van der Waals surface area contributed by atoms with Gasteiger partial charge in [-0.1, -0.05) is 12.8 Å². The van der Waals surface area contributed by atoms with Gasteiger partial charge in [0.2, 0.25) is 0 Å². The standard InChI is InChI=1S/C23H4.C5H14N2O.H2N2O.10H2/c1-3-5-7-9-11-13-15-17-19-21-23-22-20-18-16-14-12-10-8-6-4-2;1-3-4-7(8)5-6-2;1-2-3;;;;;;;;;;/h1H,2H3;6,8H,3-5H2,1-2H3;(H2,1,3);10*1H/p+1. The van der Waals surface area contributed by atoms with Crippen LogP contribution >= 0.6 is 0 Å². The van der Waals surface area contributed by atoms with E-state index in [1.807, 2.05) is 19.3 Å². The van der Waals surface area contributed by atoms with Crippen LogP contribution in [0.5, 0.6) is 0 Å². The highest BCUT2D eigenvalue weighted by molar-refractivity contribution is 5.47. The summed E-state index contributed by atoms with van der Waals surface area (Å²) in [5, 5.41) is 13.8. The third-order valence-corrected chi connectivity index (χ3v) is 2.20.